The minimum atomic E-state index is -0.475. The summed E-state index contributed by atoms with van der Waals surface area (Å²) in [6.45, 7) is 7.33. The van der Waals surface area contributed by atoms with Gasteiger partial charge in [-0.05, 0) is 43.2 Å². The van der Waals surface area contributed by atoms with Crippen molar-refractivity contribution in [2.24, 2.45) is 11.8 Å². The summed E-state index contributed by atoms with van der Waals surface area (Å²) in [4.78, 5) is 18.7. The second-order valence-corrected chi connectivity index (χ2v) is 6.92. The molecule has 0 aromatic carbocycles. The van der Waals surface area contributed by atoms with E-state index in [0.29, 0.717) is 19.7 Å². The molecule has 1 aromatic heterocycles. The first-order valence-electron chi connectivity index (χ1n) is 6.72. The number of hydrogen-bond acceptors (Lipinski definition) is 5. The molecule has 2 rings (SSSR count). The van der Waals surface area contributed by atoms with Crippen LogP contribution < -0.4 is 5.90 Å². The second-order valence-electron chi connectivity index (χ2n) is 6.14. The molecule has 1 saturated heterocycles. The summed E-state index contributed by atoms with van der Waals surface area (Å²) in [7, 11) is 0. The molecule has 1 aliphatic heterocycles. The van der Waals surface area contributed by atoms with Gasteiger partial charge in [0.25, 0.3) is 0 Å². The molecule has 0 aliphatic carbocycles. The van der Waals surface area contributed by atoms with Crippen molar-refractivity contribution in [3.05, 3.63) is 22.4 Å². The van der Waals surface area contributed by atoms with Gasteiger partial charge in [0.05, 0.1) is 6.61 Å². The Kier molecular flexibility index (Phi) is 4.67. The quantitative estimate of drug-likeness (QED) is 0.871. The van der Waals surface area contributed by atoms with Gasteiger partial charge in [0, 0.05) is 24.9 Å². The third-order valence-electron chi connectivity index (χ3n) is 3.37. The number of rotatable bonds is 3. The van der Waals surface area contributed by atoms with Gasteiger partial charge in [-0.15, -0.1) is 0 Å². The van der Waals surface area contributed by atoms with Crippen molar-refractivity contribution in [3.63, 3.8) is 0 Å². The van der Waals surface area contributed by atoms with E-state index in [0.717, 1.165) is 0 Å². The number of thiophene rings is 1. The Morgan fingerprint density at radius 1 is 1.50 bits per heavy atom. The van der Waals surface area contributed by atoms with Crippen molar-refractivity contribution >= 4 is 17.4 Å². The van der Waals surface area contributed by atoms with E-state index in [2.05, 4.69) is 11.4 Å². The first-order valence-corrected chi connectivity index (χ1v) is 7.66. The number of ether oxygens (including phenoxy) is 1. The predicted octanol–water partition coefficient (Wildman–Crippen LogP) is 2.59. The van der Waals surface area contributed by atoms with E-state index in [1.54, 1.807) is 16.2 Å². The van der Waals surface area contributed by atoms with E-state index < -0.39 is 5.60 Å². The van der Waals surface area contributed by atoms with E-state index in [4.69, 9.17) is 15.5 Å². The molecule has 5 nitrogen and oxygen atoms in total. The van der Waals surface area contributed by atoms with Gasteiger partial charge in [-0.3, -0.25) is 0 Å². The topological polar surface area (TPSA) is 64.8 Å². The Morgan fingerprint density at radius 2 is 2.25 bits per heavy atom. The summed E-state index contributed by atoms with van der Waals surface area (Å²) >= 11 is 1.66. The van der Waals surface area contributed by atoms with Crippen LogP contribution in [0, 0.1) is 5.92 Å². The summed E-state index contributed by atoms with van der Waals surface area (Å²) in [6.07, 6.45) is -0.266. The minimum Gasteiger partial charge on any atom is -0.444 e. The first-order chi connectivity index (χ1) is 9.40. The molecular weight excluding hydrogens is 276 g/mol. The maximum Gasteiger partial charge on any atom is 0.410 e. The van der Waals surface area contributed by atoms with E-state index in [9.17, 15) is 4.79 Å². The lowest BCUT2D eigenvalue weighted by Crippen LogP contribution is -2.35. The Balaban J connectivity index is 2.06. The van der Waals surface area contributed by atoms with Gasteiger partial charge in [0.2, 0.25) is 0 Å². The Bertz CT molecular complexity index is 442. The van der Waals surface area contributed by atoms with Crippen LogP contribution in [-0.2, 0) is 9.57 Å². The van der Waals surface area contributed by atoms with Crippen molar-refractivity contribution < 1.29 is 14.4 Å². The SMILES string of the molecule is CC(C)(C)OC(=O)N1CC(CON)C(c2ccsc2)C1. The fourth-order valence-electron chi connectivity index (χ4n) is 2.50. The van der Waals surface area contributed by atoms with Gasteiger partial charge in [-0.25, -0.2) is 10.7 Å². The van der Waals surface area contributed by atoms with Crippen LogP contribution in [0.25, 0.3) is 0 Å². The summed E-state index contributed by atoms with van der Waals surface area (Å²) in [6, 6.07) is 2.09. The lowest BCUT2D eigenvalue weighted by Gasteiger charge is -2.24. The lowest BCUT2D eigenvalue weighted by atomic mass is 9.91. The first kappa shape index (κ1) is 15.3. The molecule has 1 aromatic rings. The molecule has 2 heterocycles. The zero-order valence-electron chi connectivity index (χ0n) is 12.2. The average molecular weight is 298 g/mol. The van der Waals surface area contributed by atoms with E-state index in [-0.39, 0.29) is 17.9 Å². The van der Waals surface area contributed by atoms with Crippen LogP contribution in [0.15, 0.2) is 16.8 Å². The molecule has 1 amide bonds. The molecule has 112 valence electrons. The van der Waals surface area contributed by atoms with Gasteiger partial charge < -0.3 is 14.5 Å². The van der Waals surface area contributed by atoms with Crippen LogP contribution in [0.4, 0.5) is 4.79 Å². The van der Waals surface area contributed by atoms with Crippen molar-refractivity contribution in [2.75, 3.05) is 19.7 Å². The number of amides is 1. The highest BCUT2D eigenvalue weighted by Crippen LogP contribution is 2.34. The maximum absolute atomic E-state index is 12.2. The van der Waals surface area contributed by atoms with Gasteiger partial charge in [-0.1, -0.05) is 0 Å². The molecule has 1 fully saturated rings. The fourth-order valence-corrected chi connectivity index (χ4v) is 3.23. The number of nitrogens with zero attached hydrogens (tertiary/aromatic N) is 1. The summed E-state index contributed by atoms with van der Waals surface area (Å²) in [5.74, 6) is 5.69. The van der Waals surface area contributed by atoms with Gasteiger partial charge in [0.15, 0.2) is 0 Å². The minimum absolute atomic E-state index is 0.210. The van der Waals surface area contributed by atoms with Crippen LogP contribution in [0.3, 0.4) is 0 Å². The molecule has 2 unspecified atom stereocenters. The number of carbonyl (C=O) groups is 1. The highest BCUT2D eigenvalue weighted by molar-refractivity contribution is 7.07. The zero-order valence-corrected chi connectivity index (χ0v) is 13.0. The largest absolute Gasteiger partial charge is 0.444 e. The molecule has 2 atom stereocenters. The van der Waals surface area contributed by atoms with Gasteiger partial charge in [-0.2, -0.15) is 11.3 Å². The molecule has 0 saturated carbocycles. The summed E-state index contributed by atoms with van der Waals surface area (Å²) < 4.78 is 5.43. The van der Waals surface area contributed by atoms with Crippen LogP contribution in [0.5, 0.6) is 0 Å². The Morgan fingerprint density at radius 3 is 2.80 bits per heavy atom. The number of likely N-dealkylation sites (tertiary alicyclic amines) is 1. The molecular formula is C14H22N2O3S. The molecule has 0 radical (unpaired) electrons. The second kappa shape index (κ2) is 6.11. The molecule has 2 N–H and O–H groups in total. The zero-order chi connectivity index (χ0) is 14.8. The smallest absolute Gasteiger partial charge is 0.410 e. The van der Waals surface area contributed by atoms with E-state index in [1.807, 2.05) is 26.2 Å². The normalized spacial score (nSPS) is 23.1. The van der Waals surface area contributed by atoms with Crippen molar-refractivity contribution in [1.29, 1.82) is 0 Å². The van der Waals surface area contributed by atoms with Crippen LogP contribution >= 0.6 is 11.3 Å². The Labute approximate surface area is 123 Å². The van der Waals surface area contributed by atoms with Gasteiger partial charge in [0.1, 0.15) is 5.60 Å². The Hall–Kier alpha value is -1.11. The van der Waals surface area contributed by atoms with Crippen LogP contribution in [0.2, 0.25) is 0 Å². The van der Waals surface area contributed by atoms with Gasteiger partial charge >= 0.3 is 6.09 Å². The van der Waals surface area contributed by atoms with E-state index >= 15 is 0 Å². The lowest BCUT2D eigenvalue weighted by molar-refractivity contribution is 0.0274. The highest BCUT2D eigenvalue weighted by Gasteiger charge is 2.38. The molecule has 20 heavy (non-hydrogen) atoms. The van der Waals surface area contributed by atoms with Crippen molar-refractivity contribution in [1.82, 2.24) is 4.90 Å². The summed E-state index contributed by atoms with van der Waals surface area (Å²) in [5, 5.41) is 4.17. The average Bonchev–Trinajstić information content (AvgIpc) is 2.94. The third kappa shape index (κ3) is 3.71. The number of nitrogens with two attached hydrogens (primary N) is 1. The molecule has 0 bridgehead atoms. The molecule has 1 aliphatic rings. The van der Waals surface area contributed by atoms with Crippen LogP contribution in [-0.4, -0.2) is 36.3 Å². The molecule has 6 heteroatoms. The number of hydrogen-bond donors (Lipinski definition) is 1. The van der Waals surface area contributed by atoms with Crippen LogP contribution in [0.1, 0.15) is 32.3 Å². The predicted molar refractivity (Wildman–Crippen MR) is 78.5 cm³/mol. The third-order valence-corrected chi connectivity index (χ3v) is 4.08. The highest BCUT2D eigenvalue weighted by atomic mass is 32.1. The maximum atomic E-state index is 12.2. The standard InChI is InChI=1S/C14H22N2O3S/c1-14(2,3)19-13(17)16-6-11(8-18-15)12(7-16)10-4-5-20-9-10/h4-5,9,11-12H,6-8,15H2,1-3H3. The number of carbonyl (C=O) groups excluding carboxylic acids is 1. The monoisotopic (exact) mass is 298 g/mol. The summed E-state index contributed by atoms with van der Waals surface area (Å²) in [5.41, 5.74) is 0.764. The van der Waals surface area contributed by atoms with E-state index in [1.165, 1.54) is 5.56 Å². The molecule has 0 spiro atoms. The fraction of sp³-hybridized carbons (Fsp3) is 0.643. The van der Waals surface area contributed by atoms with Crippen molar-refractivity contribution in [2.45, 2.75) is 32.3 Å². The van der Waals surface area contributed by atoms with Crippen molar-refractivity contribution in [3.8, 4) is 0 Å².